The number of hydrogen-bond acceptors (Lipinski definition) is 3. The predicted octanol–water partition coefficient (Wildman–Crippen LogP) is 3.25. The van der Waals surface area contributed by atoms with Crippen molar-refractivity contribution in [3.63, 3.8) is 0 Å². The van der Waals surface area contributed by atoms with E-state index in [0.29, 0.717) is 0 Å². The molecule has 3 nitrogen and oxygen atoms in total. The van der Waals surface area contributed by atoms with E-state index < -0.39 is 0 Å². The van der Waals surface area contributed by atoms with E-state index in [4.69, 9.17) is 4.42 Å². The van der Waals surface area contributed by atoms with E-state index >= 15 is 0 Å². The lowest BCUT2D eigenvalue weighted by molar-refractivity contribution is 0.211. The molecule has 1 aromatic carbocycles. The molecule has 3 heteroatoms. The van der Waals surface area contributed by atoms with E-state index in [-0.39, 0.29) is 0 Å². The summed E-state index contributed by atoms with van der Waals surface area (Å²) in [5.74, 6) is 1.93. The Morgan fingerprint density at radius 1 is 1.25 bits per heavy atom. The second kappa shape index (κ2) is 6.42. The Morgan fingerprint density at radius 3 is 2.85 bits per heavy atom. The van der Waals surface area contributed by atoms with Crippen molar-refractivity contribution in [1.29, 1.82) is 0 Å². The normalized spacial score (nSPS) is 17.9. The number of nitrogens with one attached hydrogen (secondary N) is 1. The Bertz CT molecular complexity index is 508. The van der Waals surface area contributed by atoms with Gasteiger partial charge in [-0.25, -0.2) is 0 Å². The zero-order valence-corrected chi connectivity index (χ0v) is 12.3. The maximum absolute atomic E-state index is 5.80. The highest BCUT2D eigenvalue weighted by atomic mass is 16.3. The van der Waals surface area contributed by atoms with E-state index in [1.54, 1.807) is 0 Å². The molecule has 2 aromatic rings. The van der Waals surface area contributed by atoms with Crippen LogP contribution in [-0.2, 0) is 6.54 Å². The van der Waals surface area contributed by atoms with Crippen molar-refractivity contribution in [3.8, 4) is 0 Å². The van der Waals surface area contributed by atoms with E-state index in [1.165, 1.54) is 37.7 Å². The largest absolute Gasteiger partial charge is 0.460 e. The second-order valence-electron chi connectivity index (χ2n) is 5.96. The van der Waals surface area contributed by atoms with Gasteiger partial charge in [0.25, 0.3) is 0 Å². The summed E-state index contributed by atoms with van der Waals surface area (Å²) in [6.45, 7) is 4.44. The molecule has 0 atom stereocenters. The summed E-state index contributed by atoms with van der Waals surface area (Å²) in [4.78, 5) is 2.43. The van der Waals surface area contributed by atoms with Gasteiger partial charge in [-0.2, -0.15) is 0 Å². The van der Waals surface area contributed by atoms with Crippen LogP contribution in [-0.4, -0.2) is 31.6 Å². The van der Waals surface area contributed by atoms with Gasteiger partial charge in [-0.15, -0.1) is 0 Å². The molecule has 1 aliphatic rings. The van der Waals surface area contributed by atoms with Crippen molar-refractivity contribution in [3.05, 3.63) is 36.1 Å². The first kappa shape index (κ1) is 13.7. The van der Waals surface area contributed by atoms with Gasteiger partial charge in [-0.3, -0.25) is 0 Å². The number of para-hydroxylation sites is 1. The molecule has 1 aliphatic heterocycles. The van der Waals surface area contributed by atoms with E-state index in [1.807, 2.05) is 12.1 Å². The number of furan rings is 1. The molecule has 0 saturated carbocycles. The monoisotopic (exact) mass is 272 g/mol. The van der Waals surface area contributed by atoms with Gasteiger partial charge in [0.05, 0.1) is 6.54 Å². The highest BCUT2D eigenvalue weighted by molar-refractivity contribution is 5.77. The van der Waals surface area contributed by atoms with Crippen LogP contribution in [0.2, 0.25) is 0 Å². The number of hydrogen-bond donors (Lipinski definition) is 1. The lowest BCUT2D eigenvalue weighted by Crippen LogP contribution is -2.31. The van der Waals surface area contributed by atoms with Crippen LogP contribution in [0.4, 0.5) is 0 Å². The third-order valence-electron chi connectivity index (χ3n) is 4.34. The van der Waals surface area contributed by atoms with Crippen LogP contribution in [0.15, 0.2) is 34.7 Å². The Balaban J connectivity index is 1.41. The maximum Gasteiger partial charge on any atom is 0.134 e. The molecule has 0 bridgehead atoms. The van der Waals surface area contributed by atoms with Crippen molar-refractivity contribution >= 4 is 11.0 Å². The first-order chi connectivity index (χ1) is 9.81. The first-order valence-electron chi connectivity index (χ1n) is 7.68. The fourth-order valence-corrected chi connectivity index (χ4v) is 2.99. The third-order valence-corrected chi connectivity index (χ3v) is 4.34. The highest BCUT2D eigenvalue weighted by Gasteiger charge is 2.15. The van der Waals surface area contributed by atoms with Gasteiger partial charge in [0.15, 0.2) is 0 Å². The Labute approximate surface area is 120 Å². The summed E-state index contributed by atoms with van der Waals surface area (Å²) in [6.07, 6.45) is 3.99. The smallest absolute Gasteiger partial charge is 0.134 e. The van der Waals surface area contributed by atoms with Crippen LogP contribution in [0, 0.1) is 5.92 Å². The SMILES string of the molecule is CN1CCC(CCNCc2cc3ccccc3o2)CC1. The molecule has 0 unspecified atom stereocenters. The summed E-state index contributed by atoms with van der Waals surface area (Å²) in [6, 6.07) is 10.3. The van der Waals surface area contributed by atoms with Crippen LogP contribution in [0.25, 0.3) is 11.0 Å². The quantitative estimate of drug-likeness (QED) is 0.847. The summed E-state index contributed by atoms with van der Waals surface area (Å²) >= 11 is 0. The minimum Gasteiger partial charge on any atom is -0.460 e. The second-order valence-corrected chi connectivity index (χ2v) is 5.96. The number of likely N-dealkylation sites (tertiary alicyclic amines) is 1. The van der Waals surface area contributed by atoms with Crippen LogP contribution in [0.1, 0.15) is 25.0 Å². The van der Waals surface area contributed by atoms with Gasteiger partial charge in [-0.1, -0.05) is 18.2 Å². The molecular weight excluding hydrogens is 248 g/mol. The fourth-order valence-electron chi connectivity index (χ4n) is 2.99. The van der Waals surface area contributed by atoms with Gasteiger partial charge in [0.1, 0.15) is 11.3 Å². The molecule has 1 saturated heterocycles. The molecule has 0 spiro atoms. The summed E-state index contributed by atoms with van der Waals surface area (Å²) in [5, 5.41) is 4.71. The van der Waals surface area contributed by atoms with Crippen LogP contribution < -0.4 is 5.32 Å². The third kappa shape index (κ3) is 3.41. The highest BCUT2D eigenvalue weighted by Crippen LogP contribution is 2.20. The molecule has 1 N–H and O–H groups in total. The van der Waals surface area contributed by atoms with E-state index in [2.05, 4.69) is 35.5 Å². The van der Waals surface area contributed by atoms with Gasteiger partial charge in [-0.05, 0) is 64.0 Å². The minimum absolute atomic E-state index is 0.835. The lowest BCUT2D eigenvalue weighted by atomic mass is 9.94. The zero-order valence-electron chi connectivity index (χ0n) is 12.3. The van der Waals surface area contributed by atoms with Crippen LogP contribution >= 0.6 is 0 Å². The number of rotatable bonds is 5. The Hall–Kier alpha value is -1.32. The average Bonchev–Trinajstić information content (AvgIpc) is 2.88. The average molecular weight is 272 g/mol. The van der Waals surface area contributed by atoms with Gasteiger partial charge < -0.3 is 14.6 Å². The number of benzene rings is 1. The zero-order chi connectivity index (χ0) is 13.8. The van der Waals surface area contributed by atoms with Gasteiger partial charge in [0, 0.05) is 5.39 Å². The minimum atomic E-state index is 0.835. The van der Waals surface area contributed by atoms with Crippen LogP contribution in [0.3, 0.4) is 0 Å². The van der Waals surface area contributed by atoms with Crippen molar-refractivity contribution in [2.75, 3.05) is 26.7 Å². The molecule has 0 amide bonds. The number of piperidine rings is 1. The predicted molar refractivity (Wildman–Crippen MR) is 82.8 cm³/mol. The molecule has 0 radical (unpaired) electrons. The number of fused-ring (bicyclic) bond motifs is 1. The molecule has 2 heterocycles. The van der Waals surface area contributed by atoms with Crippen molar-refractivity contribution in [2.45, 2.75) is 25.8 Å². The summed E-state index contributed by atoms with van der Waals surface area (Å²) in [5.41, 5.74) is 0.986. The summed E-state index contributed by atoms with van der Waals surface area (Å²) < 4.78 is 5.80. The van der Waals surface area contributed by atoms with Crippen molar-refractivity contribution in [2.24, 2.45) is 5.92 Å². The van der Waals surface area contributed by atoms with Gasteiger partial charge in [0.2, 0.25) is 0 Å². The fraction of sp³-hybridized carbons (Fsp3) is 0.529. The van der Waals surface area contributed by atoms with E-state index in [9.17, 15) is 0 Å². The first-order valence-corrected chi connectivity index (χ1v) is 7.68. The lowest BCUT2D eigenvalue weighted by Gasteiger charge is -2.28. The molecule has 1 fully saturated rings. The summed E-state index contributed by atoms with van der Waals surface area (Å²) in [7, 11) is 2.22. The van der Waals surface area contributed by atoms with Crippen LogP contribution in [0.5, 0.6) is 0 Å². The molecule has 108 valence electrons. The molecular formula is C17H24N2O. The standard InChI is InChI=1S/C17H24N2O/c1-19-10-7-14(8-11-19)6-9-18-13-16-12-15-4-2-3-5-17(15)20-16/h2-5,12,14,18H,6-11,13H2,1H3. The molecule has 1 aromatic heterocycles. The Morgan fingerprint density at radius 2 is 2.05 bits per heavy atom. The topological polar surface area (TPSA) is 28.4 Å². The molecule has 20 heavy (non-hydrogen) atoms. The van der Waals surface area contributed by atoms with Crippen molar-refractivity contribution in [1.82, 2.24) is 10.2 Å². The van der Waals surface area contributed by atoms with Crippen molar-refractivity contribution < 1.29 is 4.42 Å². The number of nitrogens with zero attached hydrogens (tertiary/aromatic N) is 1. The molecule has 0 aliphatic carbocycles. The van der Waals surface area contributed by atoms with E-state index in [0.717, 1.165) is 30.4 Å². The Kier molecular flexibility index (Phi) is 4.38. The van der Waals surface area contributed by atoms with Gasteiger partial charge >= 0.3 is 0 Å². The maximum atomic E-state index is 5.80. The molecule has 3 rings (SSSR count).